The van der Waals surface area contributed by atoms with Gasteiger partial charge in [-0.15, -0.1) is 0 Å². The lowest BCUT2D eigenvalue weighted by Gasteiger charge is -2.39. The number of benzene rings is 1. The molecule has 3 atom stereocenters. The highest BCUT2D eigenvalue weighted by Crippen LogP contribution is 2.38. The SMILES string of the molecule is Fc1cccc(C2CNCCC2C2CCCOC2)c1. The average Bonchev–Trinajstić information content (AvgIpc) is 2.48. The highest BCUT2D eigenvalue weighted by molar-refractivity contribution is 5.23. The molecule has 2 fully saturated rings. The molecule has 2 heterocycles. The Kier molecular flexibility index (Phi) is 4.14. The van der Waals surface area contributed by atoms with E-state index >= 15 is 0 Å². The minimum absolute atomic E-state index is 0.123. The summed E-state index contributed by atoms with van der Waals surface area (Å²) >= 11 is 0. The Bertz CT molecular complexity index is 417. The zero-order valence-electron chi connectivity index (χ0n) is 11.3. The molecule has 3 unspecified atom stereocenters. The van der Waals surface area contributed by atoms with Crippen molar-refractivity contribution in [1.82, 2.24) is 5.32 Å². The summed E-state index contributed by atoms with van der Waals surface area (Å²) in [5.41, 5.74) is 1.14. The molecule has 0 aromatic heterocycles. The zero-order valence-corrected chi connectivity index (χ0v) is 11.3. The fraction of sp³-hybridized carbons (Fsp3) is 0.625. The molecule has 2 aliphatic heterocycles. The summed E-state index contributed by atoms with van der Waals surface area (Å²) in [4.78, 5) is 0. The van der Waals surface area contributed by atoms with E-state index in [0.29, 0.717) is 17.8 Å². The lowest BCUT2D eigenvalue weighted by atomic mass is 9.72. The van der Waals surface area contributed by atoms with Gasteiger partial charge in [0, 0.05) is 19.8 Å². The minimum Gasteiger partial charge on any atom is -0.381 e. The summed E-state index contributed by atoms with van der Waals surface area (Å²) < 4.78 is 19.1. The van der Waals surface area contributed by atoms with Crippen molar-refractivity contribution in [3.8, 4) is 0 Å². The molecule has 3 rings (SSSR count). The van der Waals surface area contributed by atoms with Crippen molar-refractivity contribution in [2.75, 3.05) is 26.3 Å². The van der Waals surface area contributed by atoms with Crippen LogP contribution in [-0.4, -0.2) is 26.3 Å². The molecule has 3 heteroatoms. The number of nitrogens with one attached hydrogen (secondary N) is 1. The van der Waals surface area contributed by atoms with Gasteiger partial charge in [-0.05, 0) is 61.3 Å². The van der Waals surface area contributed by atoms with Gasteiger partial charge < -0.3 is 10.1 Å². The summed E-state index contributed by atoms with van der Waals surface area (Å²) in [5.74, 6) is 1.57. The average molecular weight is 263 g/mol. The Morgan fingerprint density at radius 2 is 2.21 bits per heavy atom. The highest BCUT2D eigenvalue weighted by atomic mass is 19.1. The summed E-state index contributed by atoms with van der Waals surface area (Å²) in [6, 6.07) is 7.12. The number of piperidine rings is 1. The molecule has 0 spiro atoms. The van der Waals surface area contributed by atoms with Crippen molar-refractivity contribution in [3.05, 3.63) is 35.6 Å². The third kappa shape index (κ3) is 2.98. The fourth-order valence-corrected chi connectivity index (χ4v) is 3.65. The summed E-state index contributed by atoms with van der Waals surface area (Å²) in [5, 5.41) is 3.46. The van der Waals surface area contributed by atoms with E-state index in [2.05, 4.69) is 11.4 Å². The first-order chi connectivity index (χ1) is 9.34. The first-order valence-electron chi connectivity index (χ1n) is 7.38. The number of rotatable bonds is 2. The molecule has 104 valence electrons. The maximum absolute atomic E-state index is 13.4. The van der Waals surface area contributed by atoms with E-state index in [1.54, 1.807) is 6.07 Å². The lowest BCUT2D eigenvalue weighted by molar-refractivity contribution is 0.0185. The van der Waals surface area contributed by atoms with Gasteiger partial charge in [0.05, 0.1) is 0 Å². The second-order valence-corrected chi connectivity index (χ2v) is 5.80. The molecule has 0 aliphatic carbocycles. The van der Waals surface area contributed by atoms with Gasteiger partial charge in [0.25, 0.3) is 0 Å². The first-order valence-corrected chi connectivity index (χ1v) is 7.38. The Balaban J connectivity index is 1.80. The van der Waals surface area contributed by atoms with Crippen LogP contribution in [-0.2, 0) is 4.74 Å². The predicted octanol–water partition coefficient (Wildman–Crippen LogP) is 2.95. The Morgan fingerprint density at radius 3 is 3.00 bits per heavy atom. The van der Waals surface area contributed by atoms with Crippen LogP contribution in [0.2, 0.25) is 0 Å². The van der Waals surface area contributed by atoms with Crippen molar-refractivity contribution in [1.29, 1.82) is 0 Å². The van der Waals surface area contributed by atoms with E-state index in [1.807, 2.05) is 6.07 Å². The fourth-order valence-electron chi connectivity index (χ4n) is 3.65. The lowest BCUT2D eigenvalue weighted by Crippen LogP contribution is -2.40. The number of hydrogen-bond donors (Lipinski definition) is 1. The number of hydrogen-bond acceptors (Lipinski definition) is 2. The van der Waals surface area contributed by atoms with Crippen LogP contribution in [0, 0.1) is 17.7 Å². The molecule has 0 bridgehead atoms. The van der Waals surface area contributed by atoms with Crippen LogP contribution < -0.4 is 5.32 Å². The third-order valence-corrected chi connectivity index (χ3v) is 4.61. The van der Waals surface area contributed by atoms with Crippen LogP contribution in [0.1, 0.15) is 30.7 Å². The molecule has 0 amide bonds. The summed E-state index contributed by atoms with van der Waals surface area (Å²) in [7, 11) is 0. The van der Waals surface area contributed by atoms with Crippen molar-refractivity contribution in [3.63, 3.8) is 0 Å². The number of halogens is 1. The van der Waals surface area contributed by atoms with E-state index in [-0.39, 0.29) is 5.82 Å². The monoisotopic (exact) mass is 263 g/mol. The molecule has 1 N–H and O–H groups in total. The highest BCUT2D eigenvalue weighted by Gasteiger charge is 2.33. The maximum atomic E-state index is 13.4. The van der Waals surface area contributed by atoms with Gasteiger partial charge in [0.2, 0.25) is 0 Å². The van der Waals surface area contributed by atoms with Gasteiger partial charge in [0.15, 0.2) is 0 Å². The summed E-state index contributed by atoms with van der Waals surface area (Å²) in [6.07, 6.45) is 3.61. The Labute approximate surface area is 114 Å². The molecule has 0 radical (unpaired) electrons. The van der Waals surface area contributed by atoms with Crippen LogP contribution in [0.15, 0.2) is 24.3 Å². The minimum atomic E-state index is -0.123. The first kappa shape index (κ1) is 13.1. The van der Waals surface area contributed by atoms with E-state index in [9.17, 15) is 4.39 Å². The summed E-state index contributed by atoms with van der Waals surface area (Å²) in [6.45, 7) is 3.83. The van der Waals surface area contributed by atoms with E-state index < -0.39 is 0 Å². The van der Waals surface area contributed by atoms with Gasteiger partial charge in [-0.2, -0.15) is 0 Å². The van der Waals surface area contributed by atoms with Gasteiger partial charge in [-0.1, -0.05) is 12.1 Å². The van der Waals surface area contributed by atoms with Gasteiger partial charge >= 0.3 is 0 Å². The largest absolute Gasteiger partial charge is 0.381 e. The second-order valence-electron chi connectivity index (χ2n) is 5.80. The molecule has 0 saturated carbocycles. The van der Waals surface area contributed by atoms with Gasteiger partial charge in [-0.3, -0.25) is 0 Å². The molecular formula is C16H22FNO. The molecule has 2 aliphatic rings. The third-order valence-electron chi connectivity index (χ3n) is 4.61. The molecule has 19 heavy (non-hydrogen) atoms. The van der Waals surface area contributed by atoms with Crippen LogP contribution >= 0.6 is 0 Å². The quantitative estimate of drug-likeness (QED) is 0.886. The van der Waals surface area contributed by atoms with Crippen LogP contribution in [0.25, 0.3) is 0 Å². The normalized spacial score (nSPS) is 32.2. The van der Waals surface area contributed by atoms with E-state index in [4.69, 9.17) is 4.74 Å². The van der Waals surface area contributed by atoms with E-state index in [1.165, 1.54) is 25.3 Å². The Morgan fingerprint density at radius 1 is 1.26 bits per heavy atom. The molecule has 1 aromatic carbocycles. The standard InChI is InChI=1S/C16H22FNO/c17-14-5-1-3-12(9-14)16-10-18-7-6-15(16)13-4-2-8-19-11-13/h1,3,5,9,13,15-16,18H,2,4,6-8,10-11H2. The number of ether oxygens (including phenoxy) is 1. The second kappa shape index (κ2) is 6.02. The van der Waals surface area contributed by atoms with Crippen LogP contribution in [0.3, 0.4) is 0 Å². The van der Waals surface area contributed by atoms with Crippen molar-refractivity contribution >= 4 is 0 Å². The molecule has 2 nitrogen and oxygen atoms in total. The van der Waals surface area contributed by atoms with Gasteiger partial charge in [-0.25, -0.2) is 4.39 Å². The molecule has 2 saturated heterocycles. The van der Waals surface area contributed by atoms with Crippen molar-refractivity contribution in [2.24, 2.45) is 11.8 Å². The predicted molar refractivity (Wildman–Crippen MR) is 73.7 cm³/mol. The zero-order chi connectivity index (χ0) is 13.1. The maximum Gasteiger partial charge on any atom is 0.123 e. The van der Waals surface area contributed by atoms with Crippen molar-refractivity contribution in [2.45, 2.75) is 25.2 Å². The van der Waals surface area contributed by atoms with Crippen LogP contribution in [0.5, 0.6) is 0 Å². The molecule has 1 aromatic rings. The van der Waals surface area contributed by atoms with E-state index in [0.717, 1.165) is 31.9 Å². The Hall–Kier alpha value is -0.930. The topological polar surface area (TPSA) is 21.3 Å². The smallest absolute Gasteiger partial charge is 0.123 e. The van der Waals surface area contributed by atoms with Crippen molar-refractivity contribution < 1.29 is 9.13 Å². The van der Waals surface area contributed by atoms with Crippen LogP contribution in [0.4, 0.5) is 4.39 Å². The molecular weight excluding hydrogens is 241 g/mol. The van der Waals surface area contributed by atoms with Gasteiger partial charge in [0.1, 0.15) is 5.82 Å².